The number of phosphoric acid groups is 2. The normalized spacial score (nSPS) is 14.3. The van der Waals surface area contributed by atoms with Crippen molar-refractivity contribution >= 4 is 39.5 Å². The average molecular weight is 1450 g/mol. The molecule has 0 aromatic carbocycles. The lowest BCUT2D eigenvalue weighted by atomic mass is 10.0. The number of allylic oxidation sites excluding steroid dienone is 14. The Morgan fingerprint density at radius 2 is 0.510 bits per heavy atom. The van der Waals surface area contributed by atoms with Crippen molar-refractivity contribution in [3.05, 3.63) is 85.1 Å². The van der Waals surface area contributed by atoms with E-state index in [1.54, 1.807) is 0 Å². The van der Waals surface area contributed by atoms with Crippen LogP contribution in [0.1, 0.15) is 349 Å². The van der Waals surface area contributed by atoms with Gasteiger partial charge in [-0.05, 0) is 116 Å². The summed E-state index contributed by atoms with van der Waals surface area (Å²) in [6.45, 7) is 4.72. The van der Waals surface area contributed by atoms with E-state index < -0.39 is 97.5 Å². The molecule has 0 amide bonds. The third-order valence-electron chi connectivity index (χ3n) is 16.8. The molecule has 0 fully saturated rings. The number of hydrogen-bond donors (Lipinski definition) is 3. The van der Waals surface area contributed by atoms with Crippen molar-refractivity contribution in [2.24, 2.45) is 0 Å². The van der Waals surface area contributed by atoms with Crippen LogP contribution >= 0.6 is 15.6 Å². The van der Waals surface area contributed by atoms with Gasteiger partial charge in [0.25, 0.3) is 0 Å². The van der Waals surface area contributed by atoms with E-state index in [0.717, 1.165) is 180 Å². The highest BCUT2D eigenvalue weighted by atomic mass is 31.2. The molecule has 0 heterocycles. The van der Waals surface area contributed by atoms with E-state index >= 15 is 0 Å². The fourth-order valence-corrected chi connectivity index (χ4v) is 12.3. The molecule has 3 N–H and O–H groups in total. The topological polar surface area (TPSA) is 237 Å². The summed E-state index contributed by atoms with van der Waals surface area (Å²) in [4.78, 5) is 72.9. The smallest absolute Gasteiger partial charge is 0.462 e. The number of aliphatic hydroxyl groups is 1. The fourth-order valence-electron chi connectivity index (χ4n) is 10.7. The number of carbonyl (C=O) groups is 4. The zero-order valence-electron chi connectivity index (χ0n) is 63.4. The Bertz CT molecular complexity index is 2230. The fraction of sp³-hybridized carbons (Fsp3) is 0.778. The van der Waals surface area contributed by atoms with Crippen molar-refractivity contribution in [2.45, 2.75) is 367 Å². The summed E-state index contributed by atoms with van der Waals surface area (Å²) in [7, 11) is -9.95. The maximum Gasteiger partial charge on any atom is 0.472 e. The lowest BCUT2D eigenvalue weighted by Gasteiger charge is -2.21. The molecular weight excluding hydrogens is 1310 g/mol. The molecule has 0 saturated carbocycles. The first-order chi connectivity index (χ1) is 48.7. The van der Waals surface area contributed by atoms with Crippen LogP contribution in [0.4, 0.5) is 0 Å². The van der Waals surface area contributed by atoms with Crippen molar-refractivity contribution in [3.63, 3.8) is 0 Å². The second-order valence-electron chi connectivity index (χ2n) is 26.7. The third-order valence-corrected chi connectivity index (χ3v) is 18.7. The average Bonchev–Trinajstić information content (AvgIpc) is 0.946. The minimum atomic E-state index is -4.98. The molecule has 0 saturated heterocycles. The minimum Gasteiger partial charge on any atom is -0.462 e. The van der Waals surface area contributed by atoms with Gasteiger partial charge in [0.2, 0.25) is 0 Å². The standard InChI is InChI=1S/C81H144O17P2/c1-5-9-13-17-21-25-29-33-35-36-37-38-40-44-46-50-54-58-62-66-79(84)92-72-77(98-81(86)68-64-60-56-52-48-42-32-28-24-20-16-12-8-4)74-96-100(89,90)94-70-75(82)69-93-99(87,88)95-73-76(97-80(85)67-63-59-55-51-47-41-31-27-23-19-15-11-7-3)71-91-78(83)65-61-57-53-49-45-43-39-34-30-26-22-18-14-10-6-2/h15-16,19-21,25,27-28,31-33,35,37-38,75-77,82H,5-14,17-18,22-24,26,29-30,34,36,39-74H2,1-4H3,(H,87,88)(H,89,90)/b19-15-,20-16-,25-21-,31-27-,32-28-,35-33-,38-37-. The Morgan fingerprint density at radius 1 is 0.280 bits per heavy atom. The first-order valence-electron chi connectivity index (χ1n) is 39.8. The highest BCUT2D eigenvalue weighted by molar-refractivity contribution is 7.47. The van der Waals surface area contributed by atoms with Gasteiger partial charge in [0.05, 0.1) is 26.4 Å². The van der Waals surface area contributed by atoms with Gasteiger partial charge < -0.3 is 33.8 Å². The van der Waals surface area contributed by atoms with E-state index in [-0.39, 0.29) is 25.7 Å². The number of rotatable bonds is 75. The van der Waals surface area contributed by atoms with Gasteiger partial charge in [0.15, 0.2) is 12.2 Å². The van der Waals surface area contributed by atoms with Crippen LogP contribution in [0, 0.1) is 0 Å². The summed E-state index contributed by atoms with van der Waals surface area (Å²) in [5, 5.41) is 10.6. The molecule has 0 spiro atoms. The van der Waals surface area contributed by atoms with Crippen LogP contribution in [0.25, 0.3) is 0 Å². The van der Waals surface area contributed by atoms with Gasteiger partial charge in [-0.3, -0.25) is 37.3 Å². The zero-order chi connectivity index (χ0) is 73.2. The summed E-state index contributed by atoms with van der Waals surface area (Å²) in [6.07, 6.45) is 75.6. The molecule has 0 rings (SSSR count). The maximum atomic E-state index is 13.1. The minimum absolute atomic E-state index is 0.0765. The van der Waals surface area contributed by atoms with Crippen molar-refractivity contribution in [1.29, 1.82) is 0 Å². The molecule has 17 nitrogen and oxygen atoms in total. The van der Waals surface area contributed by atoms with Crippen LogP contribution in [-0.4, -0.2) is 96.7 Å². The summed E-state index contributed by atoms with van der Waals surface area (Å²) in [6, 6.07) is 0. The first kappa shape index (κ1) is 96.2. The van der Waals surface area contributed by atoms with Crippen LogP contribution in [0.5, 0.6) is 0 Å². The van der Waals surface area contributed by atoms with Crippen LogP contribution in [-0.2, 0) is 65.4 Å². The van der Waals surface area contributed by atoms with Crippen LogP contribution in [0.3, 0.4) is 0 Å². The van der Waals surface area contributed by atoms with Crippen molar-refractivity contribution in [3.8, 4) is 0 Å². The summed E-state index contributed by atoms with van der Waals surface area (Å²) in [5.74, 6) is -2.20. The summed E-state index contributed by atoms with van der Waals surface area (Å²) < 4.78 is 68.5. The predicted molar refractivity (Wildman–Crippen MR) is 409 cm³/mol. The lowest BCUT2D eigenvalue weighted by molar-refractivity contribution is -0.161. The van der Waals surface area contributed by atoms with E-state index in [2.05, 4.69) is 113 Å². The molecule has 580 valence electrons. The van der Waals surface area contributed by atoms with E-state index in [1.807, 2.05) is 0 Å². The first-order valence-corrected chi connectivity index (χ1v) is 42.8. The molecule has 19 heteroatoms. The van der Waals surface area contributed by atoms with Gasteiger partial charge >= 0.3 is 39.5 Å². The number of phosphoric ester groups is 2. The molecule has 0 radical (unpaired) electrons. The number of ether oxygens (including phenoxy) is 4. The number of unbranched alkanes of at least 4 members (excludes halogenated alkanes) is 35. The molecular formula is C81H144O17P2. The van der Waals surface area contributed by atoms with E-state index in [9.17, 15) is 43.2 Å². The largest absolute Gasteiger partial charge is 0.472 e. The highest BCUT2D eigenvalue weighted by Gasteiger charge is 2.30. The molecule has 0 aromatic rings. The Morgan fingerprint density at radius 3 is 0.810 bits per heavy atom. The Balaban J connectivity index is 5.32. The SMILES string of the molecule is CCC/C=C\C/C=C\CCCCCCCC(=O)OC(COC(=O)CCCCCCCC/C=C\C/C=C\C/C=C\CCCCC)COP(=O)(O)OCC(O)COP(=O)(O)OCC(COC(=O)CCCCCCCCCCCCCCCCC)OC(=O)CCCCCCC/C=C\C/C=C\CCC. The second kappa shape index (κ2) is 73.5. The van der Waals surface area contributed by atoms with Crippen LogP contribution in [0.15, 0.2) is 85.1 Å². The van der Waals surface area contributed by atoms with Crippen molar-refractivity contribution in [2.75, 3.05) is 39.6 Å². The number of aliphatic hydroxyl groups excluding tert-OH is 1. The Hall–Kier alpha value is -3.76. The van der Waals surface area contributed by atoms with E-state index in [1.165, 1.54) is 89.9 Å². The monoisotopic (exact) mass is 1450 g/mol. The van der Waals surface area contributed by atoms with Gasteiger partial charge in [-0.25, -0.2) is 9.13 Å². The molecule has 0 aromatic heterocycles. The Labute approximate surface area is 608 Å². The highest BCUT2D eigenvalue weighted by Crippen LogP contribution is 2.45. The molecule has 0 bridgehead atoms. The van der Waals surface area contributed by atoms with Gasteiger partial charge in [-0.15, -0.1) is 0 Å². The van der Waals surface area contributed by atoms with Gasteiger partial charge in [0, 0.05) is 25.7 Å². The number of carbonyl (C=O) groups excluding carboxylic acids is 4. The molecule has 5 unspecified atom stereocenters. The number of hydrogen-bond acceptors (Lipinski definition) is 15. The van der Waals surface area contributed by atoms with Crippen LogP contribution in [0.2, 0.25) is 0 Å². The third kappa shape index (κ3) is 72.6. The van der Waals surface area contributed by atoms with Crippen molar-refractivity contribution in [1.82, 2.24) is 0 Å². The Kier molecular flexibility index (Phi) is 70.8. The molecule has 100 heavy (non-hydrogen) atoms. The quantitative estimate of drug-likeness (QED) is 0.0169. The maximum absolute atomic E-state index is 13.1. The summed E-state index contributed by atoms with van der Waals surface area (Å²) in [5.41, 5.74) is 0. The van der Waals surface area contributed by atoms with Gasteiger partial charge in [-0.1, -0.05) is 293 Å². The predicted octanol–water partition coefficient (Wildman–Crippen LogP) is 23.0. The molecule has 0 aliphatic rings. The molecule has 0 aliphatic carbocycles. The van der Waals surface area contributed by atoms with Gasteiger partial charge in [-0.2, -0.15) is 0 Å². The lowest BCUT2D eigenvalue weighted by Crippen LogP contribution is -2.30. The van der Waals surface area contributed by atoms with E-state index in [4.69, 9.17) is 37.0 Å². The second-order valence-corrected chi connectivity index (χ2v) is 29.6. The van der Waals surface area contributed by atoms with E-state index in [0.29, 0.717) is 25.7 Å². The number of esters is 4. The van der Waals surface area contributed by atoms with Crippen molar-refractivity contribution < 1.29 is 80.2 Å². The molecule has 5 atom stereocenters. The van der Waals surface area contributed by atoms with Crippen LogP contribution < -0.4 is 0 Å². The zero-order valence-corrected chi connectivity index (χ0v) is 65.2. The summed E-state index contributed by atoms with van der Waals surface area (Å²) >= 11 is 0. The molecule has 0 aliphatic heterocycles. The van der Waals surface area contributed by atoms with Gasteiger partial charge in [0.1, 0.15) is 19.3 Å².